The molecule has 0 N–H and O–H groups in total. The Morgan fingerprint density at radius 1 is 1.21 bits per heavy atom. The smallest absolute Gasteiger partial charge is 0.176 e. The molecule has 3 atom stereocenters. The first-order valence-corrected chi connectivity index (χ1v) is 9.57. The zero-order valence-corrected chi connectivity index (χ0v) is 16.5. The molecule has 1 fully saturated rings. The molecule has 28 heavy (non-hydrogen) atoms. The summed E-state index contributed by atoms with van der Waals surface area (Å²) >= 11 is 3.34. The molecule has 138 valence electrons. The third kappa shape index (κ3) is 2.42. The highest BCUT2D eigenvalue weighted by Gasteiger charge is 2.63. The number of halogens is 2. The van der Waals surface area contributed by atoms with Gasteiger partial charge in [-0.05, 0) is 42.3 Å². The molecule has 2 aromatic rings. The fourth-order valence-corrected chi connectivity index (χ4v) is 4.86. The van der Waals surface area contributed by atoms with Crippen molar-refractivity contribution >= 4 is 33.5 Å². The van der Waals surface area contributed by atoms with Crippen molar-refractivity contribution in [2.45, 2.75) is 24.9 Å². The lowest BCUT2D eigenvalue weighted by atomic mass is 9.69. The van der Waals surface area contributed by atoms with Crippen molar-refractivity contribution in [1.82, 2.24) is 0 Å². The number of benzene rings is 2. The normalized spacial score (nSPS) is 24.0. The van der Waals surface area contributed by atoms with Crippen LogP contribution in [-0.2, 0) is 4.79 Å². The van der Waals surface area contributed by atoms with Gasteiger partial charge in [0.2, 0.25) is 0 Å². The first-order chi connectivity index (χ1) is 13.4. The zero-order chi connectivity index (χ0) is 20.1. The van der Waals surface area contributed by atoms with Crippen molar-refractivity contribution in [3.63, 3.8) is 0 Å². The number of hydrogen-bond acceptors (Lipinski definition) is 4. The summed E-state index contributed by atoms with van der Waals surface area (Å²) in [7, 11) is 0. The van der Waals surface area contributed by atoms with Gasteiger partial charge in [0.25, 0.3) is 0 Å². The summed E-state index contributed by atoms with van der Waals surface area (Å²) < 4.78 is 15.5. The number of hydrogen-bond donors (Lipinski definition) is 0. The van der Waals surface area contributed by atoms with E-state index in [0.29, 0.717) is 4.47 Å². The van der Waals surface area contributed by atoms with E-state index in [0.717, 1.165) is 11.3 Å². The van der Waals surface area contributed by atoms with Gasteiger partial charge in [-0.25, -0.2) is 4.39 Å². The molecule has 0 aliphatic carbocycles. The third-order valence-corrected chi connectivity index (χ3v) is 6.12. The Morgan fingerprint density at radius 3 is 2.61 bits per heavy atom. The predicted octanol–water partition coefficient (Wildman–Crippen LogP) is 4.58. The molecule has 2 aliphatic rings. The average Bonchev–Trinajstić information content (AvgIpc) is 3.01. The Bertz CT molecular complexity index is 1080. The van der Waals surface area contributed by atoms with Crippen molar-refractivity contribution in [3.8, 4) is 12.1 Å². The molecule has 0 saturated carbocycles. The number of nitriles is 2. The van der Waals surface area contributed by atoms with Crippen LogP contribution in [0.3, 0.4) is 0 Å². The number of nitrogens with zero attached hydrogens (tertiary/aromatic N) is 3. The van der Waals surface area contributed by atoms with Crippen LogP contribution in [0.4, 0.5) is 10.1 Å². The van der Waals surface area contributed by atoms with E-state index in [-0.39, 0.29) is 11.3 Å². The largest absolute Gasteiger partial charge is 0.351 e. The molecule has 0 bridgehead atoms. The minimum absolute atomic E-state index is 0.193. The first-order valence-electron chi connectivity index (χ1n) is 8.78. The van der Waals surface area contributed by atoms with E-state index in [4.69, 9.17) is 0 Å². The molecule has 0 radical (unpaired) electrons. The quantitative estimate of drug-likeness (QED) is 0.692. The van der Waals surface area contributed by atoms with Crippen LogP contribution in [0, 0.1) is 33.9 Å². The van der Waals surface area contributed by atoms with E-state index in [1.54, 1.807) is 18.2 Å². The molecule has 4 rings (SSSR count). The molecule has 0 unspecified atom stereocenters. The number of rotatable bonds is 2. The Morgan fingerprint density at radius 2 is 1.93 bits per heavy atom. The van der Waals surface area contributed by atoms with E-state index in [1.807, 2.05) is 35.2 Å². The minimum atomic E-state index is -1.61. The lowest BCUT2D eigenvalue weighted by molar-refractivity contribution is -0.118. The van der Waals surface area contributed by atoms with Gasteiger partial charge in [0, 0.05) is 16.1 Å². The van der Waals surface area contributed by atoms with Gasteiger partial charge in [0.05, 0.1) is 24.2 Å². The molecule has 2 heterocycles. The van der Waals surface area contributed by atoms with Crippen LogP contribution in [-0.4, -0.2) is 17.9 Å². The molecule has 0 aromatic heterocycles. The molecule has 0 amide bonds. The van der Waals surface area contributed by atoms with E-state index >= 15 is 0 Å². The fraction of sp³-hybridized carbons (Fsp3) is 0.227. The van der Waals surface area contributed by atoms with Gasteiger partial charge < -0.3 is 4.90 Å². The second kappa shape index (κ2) is 6.58. The van der Waals surface area contributed by atoms with E-state index < -0.39 is 29.2 Å². The molecule has 2 aromatic carbocycles. The van der Waals surface area contributed by atoms with Crippen molar-refractivity contribution in [2.24, 2.45) is 5.41 Å². The predicted molar refractivity (Wildman–Crippen MR) is 107 cm³/mol. The van der Waals surface area contributed by atoms with Crippen LogP contribution in [0.25, 0.3) is 6.08 Å². The molecule has 4 nitrogen and oxygen atoms in total. The van der Waals surface area contributed by atoms with E-state index in [2.05, 4.69) is 28.1 Å². The lowest BCUT2D eigenvalue weighted by Gasteiger charge is -2.35. The molecular formula is C22H15BrFN3O. The maximum absolute atomic E-state index is 14.9. The maximum Gasteiger partial charge on any atom is 0.176 e. The second-order valence-electron chi connectivity index (χ2n) is 7.06. The summed E-state index contributed by atoms with van der Waals surface area (Å²) in [6.45, 7) is 1.43. The summed E-state index contributed by atoms with van der Waals surface area (Å²) in [5, 5.41) is 20.2. The maximum atomic E-state index is 14.9. The number of ketones is 1. The SMILES string of the molecule is CC(=O)[C@@H]1[C@@H](c2cc(Br)ccc2F)C(C#N)(C#N)[C@H]2C=Cc3ccccc3N12. The molecular weight excluding hydrogens is 421 g/mol. The highest BCUT2D eigenvalue weighted by molar-refractivity contribution is 9.10. The topological polar surface area (TPSA) is 67.9 Å². The Labute approximate surface area is 170 Å². The van der Waals surface area contributed by atoms with Crippen molar-refractivity contribution in [3.05, 3.63) is 70.0 Å². The van der Waals surface area contributed by atoms with Gasteiger partial charge in [-0.3, -0.25) is 4.79 Å². The van der Waals surface area contributed by atoms with Crippen LogP contribution in [0.1, 0.15) is 24.0 Å². The number of para-hydroxylation sites is 1. The van der Waals surface area contributed by atoms with Crippen molar-refractivity contribution in [1.29, 1.82) is 10.5 Å². The van der Waals surface area contributed by atoms with Crippen LogP contribution in [0.15, 0.2) is 53.0 Å². The Hall–Kier alpha value is -2.96. The first kappa shape index (κ1) is 18.4. The van der Waals surface area contributed by atoms with Gasteiger partial charge in [-0.1, -0.05) is 46.3 Å². The number of fused-ring (bicyclic) bond motifs is 3. The standard InChI is InChI=1S/C22H15BrFN3O/c1-13(28)21-20(16-10-15(23)7-8-17(16)24)22(11-25,12-26)19-9-6-14-4-2-3-5-18(14)27(19)21/h2-10,19-21H,1H3/t19-,20-,21-/m1/s1. The van der Waals surface area contributed by atoms with Gasteiger partial charge in [0.1, 0.15) is 5.82 Å². The lowest BCUT2D eigenvalue weighted by Crippen LogP contribution is -2.43. The van der Waals surface area contributed by atoms with Crippen LogP contribution in [0.5, 0.6) is 0 Å². The molecule has 1 saturated heterocycles. The molecule has 0 spiro atoms. The van der Waals surface area contributed by atoms with Gasteiger partial charge in [-0.2, -0.15) is 10.5 Å². The summed E-state index contributed by atoms with van der Waals surface area (Å²) in [6, 6.07) is 14.7. The number of carbonyl (C=O) groups is 1. The Balaban J connectivity index is 2.04. The van der Waals surface area contributed by atoms with Gasteiger partial charge in [0.15, 0.2) is 11.2 Å². The summed E-state index contributed by atoms with van der Waals surface area (Å²) in [5.41, 5.74) is 0.244. The monoisotopic (exact) mass is 435 g/mol. The second-order valence-corrected chi connectivity index (χ2v) is 7.98. The van der Waals surface area contributed by atoms with Crippen LogP contribution in [0.2, 0.25) is 0 Å². The summed E-state index contributed by atoms with van der Waals surface area (Å²) in [5.74, 6) is -1.68. The van der Waals surface area contributed by atoms with Gasteiger partial charge in [-0.15, -0.1) is 0 Å². The third-order valence-electron chi connectivity index (χ3n) is 5.62. The highest BCUT2D eigenvalue weighted by Crippen LogP contribution is 2.55. The van der Waals surface area contributed by atoms with Crippen molar-refractivity contribution < 1.29 is 9.18 Å². The highest BCUT2D eigenvalue weighted by atomic mass is 79.9. The molecule has 2 aliphatic heterocycles. The fourth-order valence-electron chi connectivity index (χ4n) is 4.48. The number of carbonyl (C=O) groups excluding carboxylic acids is 1. The Kier molecular flexibility index (Phi) is 4.33. The van der Waals surface area contributed by atoms with Crippen molar-refractivity contribution in [2.75, 3.05) is 4.90 Å². The number of anilines is 1. The van der Waals surface area contributed by atoms with Crippen LogP contribution < -0.4 is 4.90 Å². The molecule has 6 heteroatoms. The number of Topliss-reactive ketones (excluding diaryl/α,β-unsaturated/α-hetero) is 1. The van der Waals surface area contributed by atoms with Crippen LogP contribution >= 0.6 is 15.9 Å². The average molecular weight is 436 g/mol. The van der Waals surface area contributed by atoms with Gasteiger partial charge >= 0.3 is 0 Å². The van der Waals surface area contributed by atoms with E-state index in [1.165, 1.54) is 13.0 Å². The van der Waals surface area contributed by atoms with E-state index in [9.17, 15) is 19.7 Å². The summed E-state index contributed by atoms with van der Waals surface area (Å²) in [4.78, 5) is 14.6. The minimum Gasteiger partial charge on any atom is -0.351 e. The summed E-state index contributed by atoms with van der Waals surface area (Å²) in [6.07, 6.45) is 3.64. The zero-order valence-electron chi connectivity index (χ0n) is 14.9.